The van der Waals surface area contributed by atoms with Crippen molar-refractivity contribution in [1.29, 1.82) is 0 Å². The van der Waals surface area contributed by atoms with E-state index in [0.29, 0.717) is 6.54 Å². The fraction of sp³-hybridized carbons (Fsp3) is 0.273. The number of rotatable bonds is 10. The summed E-state index contributed by atoms with van der Waals surface area (Å²) < 4.78 is 42.4. The van der Waals surface area contributed by atoms with Crippen molar-refractivity contribution < 1.29 is 22.7 Å². The minimum absolute atomic E-state index is 0.0790. The van der Waals surface area contributed by atoms with Gasteiger partial charge in [-0.15, -0.1) is 0 Å². The van der Waals surface area contributed by atoms with Crippen LogP contribution in [0.1, 0.15) is 12.1 Å². The molecule has 0 saturated carbocycles. The predicted octanol–water partition coefficient (Wildman–Crippen LogP) is 4.32. The summed E-state index contributed by atoms with van der Waals surface area (Å²) in [6.07, 6.45) is 1.51. The van der Waals surface area contributed by atoms with E-state index in [2.05, 4.69) is 20.3 Å². The van der Waals surface area contributed by atoms with E-state index < -0.39 is 6.61 Å². The van der Waals surface area contributed by atoms with Crippen LogP contribution >= 0.6 is 0 Å². The third-order valence-electron chi connectivity index (χ3n) is 4.55. The average Bonchev–Trinajstić information content (AvgIpc) is 3.18. The van der Waals surface area contributed by atoms with Gasteiger partial charge in [0, 0.05) is 11.3 Å². The second-order valence-corrected chi connectivity index (χ2v) is 7.05. The van der Waals surface area contributed by atoms with Crippen molar-refractivity contribution in [2.75, 3.05) is 25.5 Å². The Hall–Kier alpha value is -3.33. The predicted molar refractivity (Wildman–Crippen MR) is 112 cm³/mol. The number of alkyl halides is 2. The quantitative estimate of drug-likeness (QED) is 0.501. The van der Waals surface area contributed by atoms with Crippen LogP contribution in [0.5, 0.6) is 5.75 Å². The van der Waals surface area contributed by atoms with Crippen LogP contribution in [0.2, 0.25) is 0 Å². The van der Waals surface area contributed by atoms with Crippen molar-refractivity contribution in [2.24, 2.45) is 0 Å². The van der Waals surface area contributed by atoms with Gasteiger partial charge in [-0.25, -0.2) is 4.39 Å². The molecule has 3 rings (SSSR count). The molecule has 0 unspecified atom stereocenters. The molecule has 9 heteroatoms. The zero-order chi connectivity index (χ0) is 22.2. The second-order valence-electron chi connectivity index (χ2n) is 7.05. The Morgan fingerprint density at radius 1 is 1.19 bits per heavy atom. The zero-order valence-corrected chi connectivity index (χ0v) is 16.9. The number of likely N-dealkylation sites (N-methyl/N-ethyl adjacent to an activating group) is 1. The molecule has 1 amide bonds. The number of aromatic nitrogens is 2. The largest absolute Gasteiger partial charge is 0.433 e. The van der Waals surface area contributed by atoms with Crippen LogP contribution < -0.4 is 10.1 Å². The van der Waals surface area contributed by atoms with Crippen molar-refractivity contribution in [3.05, 3.63) is 66.1 Å². The number of carbonyl (C=O) groups is 1. The van der Waals surface area contributed by atoms with Crippen molar-refractivity contribution in [2.45, 2.75) is 19.5 Å². The van der Waals surface area contributed by atoms with Crippen LogP contribution in [-0.2, 0) is 11.2 Å². The van der Waals surface area contributed by atoms with Gasteiger partial charge in [0.05, 0.1) is 17.9 Å². The third kappa shape index (κ3) is 6.85. The number of hydrogen-bond donors (Lipinski definition) is 2. The molecule has 0 saturated heterocycles. The molecule has 0 aliphatic heterocycles. The number of hydrogen-bond acceptors (Lipinski definition) is 4. The normalized spacial score (nSPS) is 11.2. The number of nitrogens with zero attached hydrogens (tertiary/aromatic N) is 2. The Labute approximate surface area is 178 Å². The number of H-pyrrole nitrogens is 1. The van der Waals surface area contributed by atoms with Crippen molar-refractivity contribution in [3.8, 4) is 17.0 Å². The summed E-state index contributed by atoms with van der Waals surface area (Å²) in [5.74, 6) is -0.700. The lowest BCUT2D eigenvalue weighted by Crippen LogP contribution is -2.31. The molecule has 0 spiro atoms. The van der Waals surface area contributed by atoms with Gasteiger partial charge in [-0.3, -0.25) is 14.8 Å². The van der Waals surface area contributed by atoms with Gasteiger partial charge in [0.25, 0.3) is 0 Å². The van der Waals surface area contributed by atoms with Crippen LogP contribution in [0, 0.1) is 5.82 Å². The first kappa shape index (κ1) is 22.4. The summed E-state index contributed by atoms with van der Waals surface area (Å²) in [5, 5.41) is 9.82. The van der Waals surface area contributed by atoms with E-state index in [0.717, 1.165) is 29.8 Å². The summed E-state index contributed by atoms with van der Waals surface area (Å²) in [6, 6.07) is 14.1. The van der Waals surface area contributed by atoms with Gasteiger partial charge in [-0.1, -0.05) is 12.1 Å². The molecule has 0 fully saturated rings. The topological polar surface area (TPSA) is 70.2 Å². The smallest absolute Gasteiger partial charge is 0.387 e. The van der Waals surface area contributed by atoms with E-state index >= 15 is 0 Å². The molecule has 0 aliphatic rings. The van der Waals surface area contributed by atoms with Crippen LogP contribution in [0.15, 0.2) is 54.6 Å². The van der Waals surface area contributed by atoms with Gasteiger partial charge in [-0.2, -0.15) is 13.9 Å². The summed E-state index contributed by atoms with van der Waals surface area (Å²) in [6.45, 7) is -2.22. The number of carbonyl (C=O) groups excluding carboxylic acids is 1. The number of aromatic amines is 1. The number of ether oxygens (including phenoxy) is 1. The number of para-hydroxylation sites is 2. The Balaban J connectivity index is 1.44. The highest BCUT2D eigenvalue weighted by atomic mass is 19.3. The minimum Gasteiger partial charge on any atom is -0.433 e. The number of halogens is 3. The molecule has 2 aromatic carbocycles. The van der Waals surface area contributed by atoms with E-state index in [4.69, 9.17) is 0 Å². The Morgan fingerprint density at radius 3 is 2.68 bits per heavy atom. The maximum Gasteiger partial charge on any atom is 0.387 e. The van der Waals surface area contributed by atoms with Gasteiger partial charge in [0.15, 0.2) is 0 Å². The maximum absolute atomic E-state index is 13.0. The van der Waals surface area contributed by atoms with E-state index in [1.807, 2.05) is 11.0 Å². The third-order valence-corrected chi connectivity index (χ3v) is 4.55. The van der Waals surface area contributed by atoms with E-state index in [1.165, 1.54) is 24.3 Å². The van der Waals surface area contributed by atoms with Gasteiger partial charge >= 0.3 is 6.61 Å². The molecular weight excluding hydrogens is 409 g/mol. The summed E-state index contributed by atoms with van der Waals surface area (Å²) in [4.78, 5) is 14.1. The van der Waals surface area contributed by atoms with Gasteiger partial charge in [-0.05, 0) is 68.9 Å². The van der Waals surface area contributed by atoms with Crippen LogP contribution in [0.25, 0.3) is 11.3 Å². The maximum atomic E-state index is 13.0. The molecule has 0 radical (unpaired) electrons. The number of nitrogens with one attached hydrogen (secondary N) is 2. The highest BCUT2D eigenvalue weighted by Gasteiger charge is 2.13. The lowest BCUT2D eigenvalue weighted by Gasteiger charge is -2.17. The first-order chi connectivity index (χ1) is 14.9. The van der Waals surface area contributed by atoms with Crippen molar-refractivity contribution >= 4 is 11.6 Å². The fourth-order valence-electron chi connectivity index (χ4n) is 3.08. The highest BCUT2D eigenvalue weighted by molar-refractivity contribution is 5.93. The molecule has 3 aromatic rings. The van der Waals surface area contributed by atoms with E-state index in [-0.39, 0.29) is 29.7 Å². The number of aryl methyl sites for hydroxylation is 1. The first-order valence-corrected chi connectivity index (χ1v) is 9.73. The SMILES string of the molecule is CN(CCCc1cc(-c2ccc(F)cc2)n[nH]1)CC(=O)Nc1ccccc1OC(F)F. The molecule has 164 valence electrons. The molecule has 31 heavy (non-hydrogen) atoms. The molecule has 6 nitrogen and oxygen atoms in total. The van der Waals surface area contributed by atoms with Crippen molar-refractivity contribution in [1.82, 2.24) is 15.1 Å². The average molecular weight is 432 g/mol. The van der Waals surface area contributed by atoms with Crippen LogP contribution in [0.3, 0.4) is 0 Å². The van der Waals surface area contributed by atoms with Crippen molar-refractivity contribution in [3.63, 3.8) is 0 Å². The standard InChI is InChI=1S/C22H23F3N4O2/c1-29(14-21(30)26-18-6-2-3-7-20(18)31-22(24)25)12-4-5-17-13-19(28-27-17)15-8-10-16(23)11-9-15/h2-3,6-11,13,22H,4-5,12,14H2,1H3,(H,26,30)(H,27,28). The monoisotopic (exact) mass is 432 g/mol. The summed E-state index contributed by atoms with van der Waals surface area (Å²) in [5.41, 5.74) is 2.71. The van der Waals surface area contributed by atoms with Crippen LogP contribution in [-0.4, -0.2) is 47.8 Å². The minimum atomic E-state index is -2.97. The summed E-state index contributed by atoms with van der Waals surface area (Å²) in [7, 11) is 1.80. The number of anilines is 1. The lowest BCUT2D eigenvalue weighted by molar-refractivity contribution is -0.117. The van der Waals surface area contributed by atoms with Gasteiger partial charge in [0.2, 0.25) is 5.91 Å². The van der Waals surface area contributed by atoms with Gasteiger partial charge in [0.1, 0.15) is 11.6 Å². The Bertz CT molecular complexity index is 992. The molecule has 0 atom stereocenters. The highest BCUT2D eigenvalue weighted by Crippen LogP contribution is 2.25. The Kier molecular flexibility index (Phi) is 7.66. The molecular formula is C22H23F3N4O2. The summed E-state index contributed by atoms with van der Waals surface area (Å²) >= 11 is 0. The fourth-order valence-corrected chi connectivity index (χ4v) is 3.08. The second kappa shape index (κ2) is 10.6. The molecule has 0 aliphatic carbocycles. The molecule has 2 N–H and O–H groups in total. The first-order valence-electron chi connectivity index (χ1n) is 9.73. The van der Waals surface area contributed by atoms with Gasteiger partial charge < -0.3 is 10.1 Å². The number of amides is 1. The van der Waals surface area contributed by atoms with Crippen LogP contribution in [0.4, 0.5) is 18.9 Å². The zero-order valence-electron chi connectivity index (χ0n) is 16.9. The number of benzene rings is 2. The molecule has 0 bridgehead atoms. The Morgan fingerprint density at radius 2 is 1.94 bits per heavy atom. The lowest BCUT2D eigenvalue weighted by atomic mass is 10.1. The van der Waals surface area contributed by atoms with E-state index in [9.17, 15) is 18.0 Å². The molecule has 1 aromatic heterocycles. The molecule has 1 heterocycles. The van der Waals surface area contributed by atoms with E-state index in [1.54, 1.807) is 31.3 Å².